The van der Waals surface area contributed by atoms with Crippen molar-refractivity contribution in [2.75, 3.05) is 0 Å². The van der Waals surface area contributed by atoms with Gasteiger partial charge in [-0.05, 0) is 49.9 Å². The Morgan fingerprint density at radius 1 is 1.07 bits per heavy atom. The minimum absolute atomic E-state index is 0.0237. The standard InChI is InChI=1S/C23H22N2O3/c1-14-9-10-15(2)25(14)18-12-17-6-4-7-19-16(3)24(11-5-8-21(26)27)23(28)20(13-18)22(17)19/h4,6-7,9-10,12-13H,3,5,8,11H2,1-2H3,(H,26,27). The Hall–Kier alpha value is -3.34. The van der Waals surface area contributed by atoms with Crippen LogP contribution < -0.4 is 10.9 Å². The van der Waals surface area contributed by atoms with Gasteiger partial charge in [-0.3, -0.25) is 9.59 Å². The Kier molecular flexibility index (Phi) is 4.30. The zero-order chi connectivity index (χ0) is 20.0. The van der Waals surface area contributed by atoms with Crippen LogP contribution in [0.15, 0.2) is 47.3 Å². The van der Waals surface area contributed by atoms with E-state index in [1.807, 2.05) is 38.1 Å². The number of hydrogen-bond acceptors (Lipinski definition) is 2. The molecule has 0 saturated carbocycles. The second-order valence-electron chi connectivity index (χ2n) is 7.25. The van der Waals surface area contributed by atoms with E-state index in [0.717, 1.165) is 33.2 Å². The zero-order valence-electron chi connectivity index (χ0n) is 16.0. The van der Waals surface area contributed by atoms with Crippen LogP contribution in [0.1, 0.15) is 24.2 Å². The molecule has 5 nitrogen and oxygen atoms in total. The summed E-state index contributed by atoms with van der Waals surface area (Å²) in [4.78, 5) is 24.2. The van der Waals surface area contributed by atoms with Gasteiger partial charge in [-0.2, -0.15) is 0 Å². The molecule has 0 atom stereocenters. The number of pyridine rings is 1. The molecule has 1 N–H and O–H groups in total. The van der Waals surface area contributed by atoms with E-state index in [0.29, 0.717) is 23.7 Å². The molecule has 4 rings (SSSR count). The second kappa shape index (κ2) is 6.68. The average Bonchev–Trinajstić information content (AvgIpc) is 3.00. The molecule has 0 aliphatic carbocycles. The van der Waals surface area contributed by atoms with Crippen LogP contribution in [-0.4, -0.2) is 20.2 Å². The van der Waals surface area contributed by atoms with E-state index in [1.54, 1.807) is 4.57 Å². The SMILES string of the molecule is C=c1c2cccc3cc(-n4c(C)ccc4C)cc(c(=O)n1CCCC(=O)O)c32. The van der Waals surface area contributed by atoms with Crippen LogP contribution in [0.25, 0.3) is 33.8 Å². The maximum Gasteiger partial charge on any atom is 0.303 e. The number of aryl methyl sites for hydroxylation is 2. The van der Waals surface area contributed by atoms with E-state index in [9.17, 15) is 9.59 Å². The summed E-state index contributed by atoms with van der Waals surface area (Å²) in [5.41, 5.74) is 3.03. The molecule has 4 aromatic rings. The van der Waals surface area contributed by atoms with Gasteiger partial charge >= 0.3 is 5.97 Å². The van der Waals surface area contributed by atoms with E-state index >= 15 is 0 Å². The van der Waals surface area contributed by atoms with Crippen molar-refractivity contribution in [3.63, 3.8) is 0 Å². The minimum Gasteiger partial charge on any atom is -0.481 e. The number of benzene rings is 2. The molecule has 2 aromatic carbocycles. The molecule has 2 aromatic heterocycles. The monoisotopic (exact) mass is 374 g/mol. The predicted molar refractivity (Wildman–Crippen MR) is 112 cm³/mol. The van der Waals surface area contributed by atoms with Crippen molar-refractivity contribution in [1.29, 1.82) is 0 Å². The highest BCUT2D eigenvalue weighted by molar-refractivity contribution is 6.10. The molecule has 0 bridgehead atoms. The maximum absolute atomic E-state index is 13.3. The van der Waals surface area contributed by atoms with Gasteiger partial charge in [0.05, 0.1) is 5.39 Å². The Balaban J connectivity index is 2.01. The van der Waals surface area contributed by atoms with E-state index in [1.165, 1.54) is 0 Å². The van der Waals surface area contributed by atoms with Crippen LogP contribution in [0, 0.1) is 13.8 Å². The smallest absolute Gasteiger partial charge is 0.303 e. The van der Waals surface area contributed by atoms with Crippen LogP contribution in [0.2, 0.25) is 0 Å². The molecule has 0 amide bonds. The minimum atomic E-state index is -0.863. The van der Waals surface area contributed by atoms with Crippen molar-refractivity contribution in [2.24, 2.45) is 0 Å². The van der Waals surface area contributed by atoms with E-state index in [-0.39, 0.29) is 12.0 Å². The lowest BCUT2D eigenvalue weighted by atomic mass is 10.0. The van der Waals surface area contributed by atoms with Crippen molar-refractivity contribution < 1.29 is 9.90 Å². The van der Waals surface area contributed by atoms with Crippen LogP contribution in [-0.2, 0) is 11.3 Å². The fourth-order valence-electron chi connectivity index (χ4n) is 4.06. The average molecular weight is 374 g/mol. The van der Waals surface area contributed by atoms with Gasteiger partial charge in [-0.25, -0.2) is 0 Å². The highest BCUT2D eigenvalue weighted by Gasteiger charge is 2.14. The molecule has 0 radical (unpaired) electrons. The molecule has 142 valence electrons. The van der Waals surface area contributed by atoms with E-state index < -0.39 is 5.97 Å². The van der Waals surface area contributed by atoms with Gasteiger partial charge in [0.15, 0.2) is 0 Å². The largest absolute Gasteiger partial charge is 0.481 e. The third-order valence-electron chi connectivity index (χ3n) is 5.38. The van der Waals surface area contributed by atoms with Crippen LogP contribution in [0.4, 0.5) is 0 Å². The molecule has 0 saturated heterocycles. The van der Waals surface area contributed by atoms with Crippen LogP contribution in [0.3, 0.4) is 0 Å². The van der Waals surface area contributed by atoms with Gasteiger partial charge < -0.3 is 14.2 Å². The van der Waals surface area contributed by atoms with Gasteiger partial charge in [-0.15, -0.1) is 0 Å². The lowest BCUT2D eigenvalue weighted by molar-refractivity contribution is -0.137. The first-order valence-corrected chi connectivity index (χ1v) is 9.33. The normalized spacial score (nSPS) is 11.5. The predicted octanol–water partition coefficient (Wildman–Crippen LogP) is 3.56. The number of carboxylic acids is 1. The molecule has 0 aliphatic heterocycles. The summed E-state index contributed by atoms with van der Waals surface area (Å²) < 4.78 is 3.74. The molecule has 5 heteroatoms. The Morgan fingerprint density at radius 3 is 2.46 bits per heavy atom. The first kappa shape index (κ1) is 18.0. The summed E-state index contributed by atoms with van der Waals surface area (Å²) in [5.74, 6) is -0.863. The number of carboxylic acid groups (broad SMARTS) is 1. The lowest BCUT2D eigenvalue weighted by Crippen LogP contribution is -2.33. The number of aliphatic carboxylic acids is 1. The number of hydrogen-bond donors (Lipinski definition) is 1. The number of rotatable bonds is 5. The van der Waals surface area contributed by atoms with E-state index in [4.69, 9.17) is 5.11 Å². The van der Waals surface area contributed by atoms with Crippen LogP contribution in [0.5, 0.6) is 0 Å². The Bertz CT molecular complexity index is 1310. The second-order valence-corrected chi connectivity index (χ2v) is 7.25. The quantitative estimate of drug-likeness (QED) is 0.581. The van der Waals surface area contributed by atoms with Gasteiger partial charge in [0, 0.05) is 46.2 Å². The van der Waals surface area contributed by atoms with E-state index in [2.05, 4.69) is 29.3 Å². The molecule has 0 unspecified atom stereocenters. The highest BCUT2D eigenvalue weighted by Crippen LogP contribution is 2.27. The molecule has 0 aliphatic rings. The van der Waals surface area contributed by atoms with Crippen molar-refractivity contribution in [3.05, 3.63) is 69.6 Å². The van der Waals surface area contributed by atoms with Gasteiger partial charge in [0.25, 0.3) is 5.56 Å². The Labute approximate surface area is 162 Å². The zero-order valence-corrected chi connectivity index (χ0v) is 16.0. The number of nitrogens with zero attached hydrogens (tertiary/aromatic N) is 2. The fraction of sp³-hybridized carbons (Fsp3) is 0.217. The lowest BCUT2D eigenvalue weighted by Gasteiger charge is -2.16. The summed E-state index contributed by atoms with van der Waals surface area (Å²) in [6, 6.07) is 14.1. The van der Waals surface area contributed by atoms with Crippen molar-refractivity contribution >= 4 is 34.1 Å². The third-order valence-corrected chi connectivity index (χ3v) is 5.38. The molecular weight excluding hydrogens is 352 g/mol. The molecular formula is C23H22N2O3. The summed E-state index contributed by atoms with van der Waals surface area (Å²) in [5, 5.41) is 13.0. The van der Waals surface area contributed by atoms with Crippen molar-refractivity contribution in [3.8, 4) is 5.69 Å². The van der Waals surface area contributed by atoms with Gasteiger partial charge in [0.1, 0.15) is 0 Å². The first-order valence-electron chi connectivity index (χ1n) is 9.33. The highest BCUT2D eigenvalue weighted by atomic mass is 16.4. The molecule has 0 spiro atoms. The summed E-state index contributed by atoms with van der Waals surface area (Å²) in [7, 11) is 0. The summed E-state index contributed by atoms with van der Waals surface area (Å²) in [6.07, 6.45) is 0.414. The first-order chi connectivity index (χ1) is 13.4. The van der Waals surface area contributed by atoms with Crippen molar-refractivity contribution in [2.45, 2.75) is 33.2 Å². The topological polar surface area (TPSA) is 64.2 Å². The number of aromatic nitrogens is 2. The van der Waals surface area contributed by atoms with Crippen LogP contribution >= 0.6 is 0 Å². The summed E-state index contributed by atoms with van der Waals surface area (Å²) in [6.45, 7) is 8.55. The molecule has 2 heterocycles. The third kappa shape index (κ3) is 2.80. The molecule has 28 heavy (non-hydrogen) atoms. The summed E-state index contributed by atoms with van der Waals surface area (Å²) >= 11 is 0. The number of carbonyl (C=O) groups is 1. The van der Waals surface area contributed by atoms with Gasteiger partial charge in [-0.1, -0.05) is 24.8 Å². The maximum atomic E-state index is 13.3. The van der Waals surface area contributed by atoms with Gasteiger partial charge in [0.2, 0.25) is 0 Å². The Morgan fingerprint density at radius 2 is 1.79 bits per heavy atom. The fourth-order valence-corrected chi connectivity index (χ4v) is 4.06. The molecule has 0 fully saturated rings. The van der Waals surface area contributed by atoms with Crippen molar-refractivity contribution in [1.82, 2.24) is 9.13 Å².